The molecule has 0 aromatic heterocycles. The first kappa shape index (κ1) is 7.48. The summed E-state index contributed by atoms with van der Waals surface area (Å²) in [6, 6.07) is 0. The molecule has 60 valence electrons. The largest absolute Gasteiger partial charge is 0.126 e. The monoisotopic (exact) mass is 166 g/mol. The predicted molar refractivity (Wildman–Crippen MR) is 51.6 cm³/mol. The zero-order valence-electron chi connectivity index (χ0n) is 7.18. The van der Waals surface area contributed by atoms with Crippen molar-refractivity contribution in [2.24, 2.45) is 5.41 Å². The average Bonchev–Trinajstić information content (AvgIpc) is 2.31. The Labute approximate surface area is 72.8 Å². The first-order chi connectivity index (χ1) is 5.17. The summed E-state index contributed by atoms with van der Waals surface area (Å²) < 4.78 is 0. The second kappa shape index (κ2) is 2.41. The maximum atomic E-state index is 2.35. The van der Waals surface area contributed by atoms with Crippen LogP contribution in [0.4, 0.5) is 0 Å². The molecule has 0 N–H and O–H groups in total. The summed E-state index contributed by atoms with van der Waals surface area (Å²) in [5.74, 6) is 1.31. The van der Waals surface area contributed by atoms with Crippen molar-refractivity contribution in [3.8, 4) is 0 Å². The van der Waals surface area contributed by atoms with Crippen molar-refractivity contribution < 1.29 is 0 Å². The van der Waals surface area contributed by atoms with E-state index in [1.165, 1.54) is 18.6 Å². The van der Waals surface area contributed by atoms with E-state index in [4.69, 9.17) is 0 Å². The number of allylic oxidation sites excluding steroid dienone is 3. The van der Waals surface area contributed by atoms with Crippen LogP contribution in [-0.2, 0) is 0 Å². The highest BCUT2D eigenvalue weighted by Gasteiger charge is 2.25. The van der Waals surface area contributed by atoms with Gasteiger partial charge in [0.1, 0.15) is 0 Å². The van der Waals surface area contributed by atoms with E-state index in [-0.39, 0.29) is 0 Å². The Morgan fingerprint density at radius 2 is 2.27 bits per heavy atom. The molecule has 2 aliphatic rings. The van der Waals surface area contributed by atoms with Crippen LogP contribution in [0, 0.1) is 5.41 Å². The quantitative estimate of drug-likeness (QED) is 0.531. The summed E-state index contributed by atoms with van der Waals surface area (Å²) >= 11 is 2.02. The molecule has 1 heteroatoms. The average molecular weight is 166 g/mol. The standard InChI is InChI=1S/C10H14S/c1-10(2)5-3-9-8(7-10)4-6-11-9/h3,5H,4,6-7H2,1-2H3. The van der Waals surface area contributed by atoms with Gasteiger partial charge in [-0.05, 0) is 18.3 Å². The first-order valence-corrected chi connectivity index (χ1v) is 5.20. The van der Waals surface area contributed by atoms with Crippen molar-refractivity contribution in [2.45, 2.75) is 26.7 Å². The predicted octanol–water partition coefficient (Wildman–Crippen LogP) is 3.36. The number of thioether (sulfide) groups is 1. The van der Waals surface area contributed by atoms with Gasteiger partial charge < -0.3 is 0 Å². The minimum Gasteiger partial charge on any atom is -0.126 e. The second-order valence-corrected chi connectivity index (χ2v) is 5.20. The highest BCUT2D eigenvalue weighted by Crippen LogP contribution is 2.43. The van der Waals surface area contributed by atoms with Gasteiger partial charge in [0.2, 0.25) is 0 Å². The third kappa shape index (κ3) is 1.39. The molecular formula is C10H14S. The highest BCUT2D eigenvalue weighted by molar-refractivity contribution is 8.03. The van der Waals surface area contributed by atoms with Gasteiger partial charge in [-0.3, -0.25) is 0 Å². The van der Waals surface area contributed by atoms with E-state index in [1.807, 2.05) is 11.8 Å². The SMILES string of the molecule is CC1(C)C=CC2=C(CCS2)C1. The minimum atomic E-state index is 0.420. The molecule has 0 aromatic rings. The van der Waals surface area contributed by atoms with Crippen LogP contribution in [0.15, 0.2) is 22.6 Å². The molecule has 0 bridgehead atoms. The third-order valence-corrected chi connectivity index (χ3v) is 3.51. The van der Waals surface area contributed by atoms with Crippen molar-refractivity contribution >= 4 is 11.8 Å². The molecule has 2 rings (SSSR count). The highest BCUT2D eigenvalue weighted by atomic mass is 32.2. The van der Waals surface area contributed by atoms with E-state index in [0.717, 1.165) is 0 Å². The van der Waals surface area contributed by atoms with Crippen LogP contribution < -0.4 is 0 Å². The summed E-state index contributed by atoms with van der Waals surface area (Å²) in [7, 11) is 0. The molecule has 0 unspecified atom stereocenters. The van der Waals surface area contributed by atoms with Gasteiger partial charge in [0.25, 0.3) is 0 Å². The smallest absolute Gasteiger partial charge is 0.00617 e. The van der Waals surface area contributed by atoms with E-state index in [1.54, 1.807) is 10.5 Å². The molecular weight excluding hydrogens is 152 g/mol. The van der Waals surface area contributed by atoms with Crippen molar-refractivity contribution in [1.29, 1.82) is 0 Å². The Kier molecular flexibility index (Phi) is 1.64. The van der Waals surface area contributed by atoms with Gasteiger partial charge in [0.15, 0.2) is 0 Å². The molecule has 1 aliphatic heterocycles. The fourth-order valence-electron chi connectivity index (χ4n) is 1.76. The molecule has 0 nitrogen and oxygen atoms in total. The Balaban J connectivity index is 2.25. The third-order valence-electron chi connectivity index (χ3n) is 2.36. The summed E-state index contributed by atoms with van der Waals surface area (Å²) in [6.45, 7) is 4.63. The van der Waals surface area contributed by atoms with E-state index >= 15 is 0 Å². The van der Waals surface area contributed by atoms with Crippen molar-refractivity contribution in [1.82, 2.24) is 0 Å². The molecule has 0 saturated carbocycles. The second-order valence-electron chi connectivity index (χ2n) is 4.06. The molecule has 0 amide bonds. The molecule has 1 aliphatic carbocycles. The molecule has 0 saturated heterocycles. The fourth-order valence-corrected chi connectivity index (χ4v) is 2.87. The molecule has 0 fully saturated rings. The lowest BCUT2D eigenvalue weighted by Crippen LogP contribution is -2.11. The van der Waals surface area contributed by atoms with Crippen molar-refractivity contribution in [3.63, 3.8) is 0 Å². The summed E-state index contributed by atoms with van der Waals surface area (Å²) in [6.07, 6.45) is 7.28. The lowest BCUT2D eigenvalue weighted by Gasteiger charge is -2.24. The number of hydrogen-bond donors (Lipinski definition) is 0. The van der Waals surface area contributed by atoms with Crippen LogP contribution in [0.1, 0.15) is 26.7 Å². The van der Waals surface area contributed by atoms with Crippen molar-refractivity contribution in [2.75, 3.05) is 5.75 Å². The molecule has 11 heavy (non-hydrogen) atoms. The Bertz CT molecular complexity index is 233. The zero-order valence-corrected chi connectivity index (χ0v) is 8.00. The summed E-state index contributed by atoms with van der Waals surface area (Å²) in [4.78, 5) is 1.56. The van der Waals surface area contributed by atoms with Gasteiger partial charge in [0, 0.05) is 10.7 Å². The van der Waals surface area contributed by atoms with Gasteiger partial charge in [-0.25, -0.2) is 0 Å². The first-order valence-electron chi connectivity index (χ1n) is 4.21. The van der Waals surface area contributed by atoms with Gasteiger partial charge >= 0.3 is 0 Å². The fraction of sp³-hybridized carbons (Fsp3) is 0.600. The Morgan fingerprint density at radius 3 is 3.09 bits per heavy atom. The van der Waals surface area contributed by atoms with E-state index in [2.05, 4.69) is 26.0 Å². The molecule has 0 radical (unpaired) electrons. The van der Waals surface area contributed by atoms with Crippen molar-refractivity contribution in [3.05, 3.63) is 22.6 Å². The van der Waals surface area contributed by atoms with Crippen LogP contribution in [-0.4, -0.2) is 5.75 Å². The summed E-state index contributed by atoms with van der Waals surface area (Å²) in [5.41, 5.74) is 2.12. The maximum absolute atomic E-state index is 2.35. The van der Waals surface area contributed by atoms with Crippen LogP contribution >= 0.6 is 11.8 Å². The van der Waals surface area contributed by atoms with Crippen LogP contribution in [0.3, 0.4) is 0 Å². The molecule has 1 heterocycles. The van der Waals surface area contributed by atoms with Crippen LogP contribution in [0.5, 0.6) is 0 Å². The normalized spacial score (nSPS) is 27.5. The lowest BCUT2D eigenvalue weighted by molar-refractivity contribution is 0.465. The Morgan fingerprint density at radius 1 is 1.45 bits per heavy atom. The van der Waals surface area contributed by atoms with Gasteiger partial charge in [-0.15, -0.1) is 11.8 Å². The Hall–Kier alpha value is -0.170. The van der Waals surface area contributed by atoms with E-state index in [9.17, 15) is 0 Å². The maximum Gasteiger partial charge on any atom is 0.00617 e. The van der Waals surface area contributed by atoms with Crippen LogP contribution in [0.2, 0.25) is 0 Å². The molecule has 0 spiro atoms. The van der Waals surface area contributed by atoms with Crippen LogP contribution in [0.25, 0.3) is 0 Å². The lowest BCUT2D eigenvalue weighted by atomic mass is 9.81. The molecule has 0 aromatic carbocycles. The van der Waals surface area contributed by atoms with Gasteiger partial charge in [0.05, 0.1) is 0 Å². The minimum absolute atomic E-state index is 0.420. The number of rotatable bonds is 0. The topological polar surface area (TPSA) is 0 Å². The van der Waals surface area contributed by atoms with Gasteiger partial charge in [-0.2, -0.15) is 0 Å². The summed E-state index contributed by atoms with van der Waals surface area (Å²) in [5, 5.41) is 0. The zero-order chi connectivity index (χ0) is 7.90. The van der Waals surface area contributed by atoms with E-state index < -0.39 is 0 Å². The van der Waals surface area contributed by atoms with Gasteiger partial charge in [-0.1, -0.05) is 31.6 Å². The van der Waals surface area contributed by atoms with E-state index in [0.29, 0.717) is 5.41 Å². The molecule has 0 atom stereocenters. The number of hydrogen-bond acceptors (Lipinski definition) is 1.